The van der Waals surface area contributed by atoms with Crippen LogP contribution < -0.4 is 16.0 Å². The standard InChI is InChI=1S/C26H32F3N7O2.CH4/c1-35-11-13-36(14-12-35)24(38)16-5-7-18(8-6-16)32-25-30-15-20(26(27,28)29)22(34-25)33-21-4-2-3-19(21)23(37)31-17-9-10-17;/h5-8,15,17,19,21H,2-4,9-14H2,1H3,(H,31,37)(H2,30,32,33,34);1H4/t19-,21+;/m0./s1. The average molecular weight is 548 g/mol. The minimum Gasteiger partial charge on any atom is -0.366 e. The topological polar surface area (TPSA) is 102 Å². The number of aromatic nitrogens is 2. The van der Waals surface area contributed by atoms with Crippen molar-refractivity contribution in [3.63, 3.8) is 0 Å². The lowest BCUT2D eigenvalue weighted by Crippen LogP contribution is -2.47. The molecule has 0 spiro atoms. The van der Waals surface area contributed by atoms with Gasteiger partial charge in [0.25, 0.3) is 5.91 Å². The zero-order valence-corrected chi connectivity index (χ0v) is 21.2. The lowest BCUT2D eigenvalue weighted by molar-refractivity contribution is -0.137. The Balaban J connectivity index is 0.00000353. The van der Waals surface area contributed by atoms with Crippen LogP contribution in [0, 0.1) is 5.92 Å². The number of carbonyl (C=O) groups is 2. The van der Waals surface area contributed by atoms with Crippen molar-refractivity contribution in [3.8, 4) is 0 Å². The summed E-state index contributed by atoms with van der Waals surface area (Å²) < 4.78 is 41.3. The van der Waals surface area contributed by atoms with E-state index >= 15 is 0 Å². The Morgan fingerprint density at radius 1 is 1.00 bits per heavy atom. The molecule has 3 aliphatic rings. The molecular weight excluding hydrogens is 511 g/mol. The molecule has 2 amide bonds. The highest BCUT2D eigenvalue weighted by molar-refractivity contribution is 5.94. The highest BCUT2D eigenvalue weighted by atomic mass is 19.4. The van der Waals surface area contributed by atoms with E-state index < -0.39 is 23.7 Å². The number of hydrogen-bond donors (Lipinski definition) is 3. The Hall–Kier alpha value is -3.41. The highest BCUT2D eigenvalue weighted by Gasteiger charge is 2.39. The second kappa shape index (κ2) is 11.8. The molecule has 2 saturated carbocycles. The van der Waals surface area contributed by atoms with E-state index in [0.29, 0.717) is 37.2 Å². The first-order valence-electron chi connectivity index (χ1n) is 13.0. The van der Waals surface area contributed by atoms with E-state index in [4.69, 9.17) is 0 Å². The van der Waals surface area contributed by atoms with Gasteiger partial charge in [0.15, 0.2) is 0 Å². The number of nitrogens with zero attached hydrogens (tertiary/aromatic N) is 4. The van der Waals surface area contributed by atoms with E-state index in [1.54, 1.807) is 29.2 Å². The monoisotopic (exact) mass is 547 g/mol. The van der Waals surface area contributed by atoms with E-state index in [1.807, 2.05) is 7.05 Å². The maximum absolute atomic E-state index is 13.8. The summed E-state index contributed by atoms with van der Waals surface area (Å²) in [4.78, 5) is 37.4. The molecule has 39 heavy (non-hydrogen) atoms. The van der Waals surface area contributed by atoms with Gasteiger partial charge in [0.2, 0.25) is 11.9 Å². The first-order valence-corrected chi connectivity index (χ1v) is 13.0. The van der Waals surface area contributed by atoms with Crippen molar-refractivity contribution in [2.24, 2.45) is 5.92 Å². The first-order chi connectivity index (χ1) is 18.2. The summed E-state index contributed by atoms with van der Waals surface area (Å²) in [5.41, 5.74) is 0.0881. The summed E-state index contributed by atoms with van der Waals surface area (Å²) in [6.07, 6.45) is -0.0746. The number of anilines is 3. The third-order valence-corrected chi connectivity index (χ3v) is 7.37. The molecule has 1 aromatic carbocycles. The fourth-order valence-corrected chi connectivity index (χ4v) is 4.94. The van der Waals surface area contributed by atoms with Crippen LogP contribution in [-0.2, 0) is 11.0 Å². The molecule has 0 bridgehead atoms. The largest absolute Gasteiger partial charge is 0.421 e. The van der Waals surface area contributed by atoms with Crippen LogP contribution in [0.4, 0.5) is 30.6 Å². The van der Waals surface area contributed by atoms with Crippen molar-refractivity contribution in [1.82, 2.24) is 25.1 Å². The van der Waals surface area contributed by atoms with Gasteiger partial charge in [-0.3, -0.25) is 9.59 Å². The van der Waals surface area contributed by atoms with Gasteiger partial charge in [0, 0.05) is 55.7 Å². The molecule has 212 valence electrons. The molecule has 2 heterocycles. The Morgan fingerprint density at radius 2 is 1.69 bits per heavy atom. The third-order valence-electron chi connectivity index (χ3n) is 7.37. The molecule has 1 aliphatic heterocycles. The molecule has 2 atom stereocenters. The van der Waals surface area contributed by atoms with E-state index in [1.165, 1.54) is 0 Å². The van der Waals surface area contributed by atoms with Crippen molar-refractivity contribution in [1.29, 1.82) is 0 Å². The summed E-state index contributed by atoms with van der Waals surface area (Å²) in [6, 6.07) is 6.44. The Kier molecular flexibility index (Phi) is 8.63. The second-order valence-electron chi connectivity index (χ2n) is 10.3. The number of benzene rings is 1. The normalized spacial score (nSPS) is 21.7. The molecule has 3 N–H and O–H groups in total. The second-order valence-corrected chi connectivity index (χ2v) is 10.3. The SMILES string of the molecule is C.CN1CCN(C(=O)c2ccc(Nc3ncc(C(F)(F)F)c(N[C@@H]4CCC[C@@H]4C(=O)NC4CC4)n3)cc2)CC1. The Labute approximate surface area is 226 Å². The number of piperazine rings is 1. The summed E-state index contributed by atoms with van der Waals surface area (Å²) in [5, 5.41) is 8.79. The molecule has 3 fully saturated rings. The van der Waals surface area contributed by atoms with Gasteiger partial charge in [-0.2, -0.15) is 18.2 Å². The van der Waals surface area contributed by atoms with Crippen LogP contribution in [0.25, 0.3) is 0 Å². The fraction of sp³-hybridized carbons (Fsp3) is 0.556. The van der Waals surface area contributed by atoms with Gasteiger partial charge in [0.1, 0.15) is 11.4 Å². The first kappa shape index (κ1) is 28.6. The lowest BCUT2D eigenvalue weighted by Gasteiger charge is -2.32. The summed E-state index contributed by atoms with van der Waals surface area (Å²) in [7, 11) is 2.02. The van der Waals surface area contributed by atoms with Crippen LogP contribution in [0.3, 0.4) is 0 Å². The Morgan fingerprint density at radius 3 is 2.33 bits per heavy atom. The fourth-order valence-electron chi connectivity index (χ4n) is 4.94. The number of rotatable bonds is 7. The van der Waals surface area contributed by atoms with Crippen LogP contribution in [0.1, 0.15) is 55.5 Å². The van der Waals surface area contributed by atoms with Crippen molar-refractivity contribution in [2.45, 2.75) is 57.8 Å². The summed E-state index contributed by atoms with van der Waals surface area (Å²) in [5.74, 6) is -0.953. The van der Waals surface area contributed by atoms with E-state index in [9.17, 15) is 22.8 Å². The maximum atomic E-state index is 13.8. The summed E-state index contributed by atoms with van der Waals surface area (Å²) in [6.45, 7) is 2.96. The number of nitrogens with one attached hydrogen (secondary N) is 3. The number of amides is 2. The molecule has 9 nitrogen and oxygen atoms in total. The smallest absolute Gasteiger partial charge is 0.366 e. The highest BCUT2D eigenvalue weighted by Crippen LogP contribution is 2.37. The van der Waals surface area contributed by atoms with Crippen molar-refractivity contribution < 1.29 is 22.8 Å². The van der Waals surface area contributed by atoms with Gasteiger partial charge in [0.05, 0.1) is 5.92 Å². The zero-order chi connectivity index (χ0) is 26.9. The van der Waals surface area contributed by atoms with Crippen LogP contribution >= 0.6 is 0 Å². The predicted octanol–water partition coefficient (Wildman–Crippen LogP) is 4.12. The third kappa shape index (κ3) is 6.97. The molecule has 5 rings (SSSR count). The van der Waals surface area contributed by atoms with Crippen molar-refractivity contribution in [2.75, 3.05) is 43.9 Å². The van der Waals surface area contributed by atoms with Crippen LogP contribution in [0.15, 0.2) is 30.5 Å². The Bertz CT molecular complexity index is 1160. The predicted molar refractivity (Wildman–Crippen MR) is 143 cm³/mol. The molecule has 2 aliphatic carbocycles. The number of hydrogen-bond acceptors (Lipinski definition) is 7. The van der Waals surface area contributed by atoms with Gasteiger partial charge in [-0.15, -0.1) is 0 Å². The molecule has 0 radical (unpaired) electrons. The minimum absolute atomic E-state index is 0. The molecule has 0 unspecified atom stereocenters. The number of carbonyl (C=O) groups excluding carboxylic acids is 2. The average Bonchev–Trinajstić information content (AvgIpc) is 3.58. The van der Waals surface area contributed by atoms with Gasteiger partial charge in [-0.05, 0) is 57.0 Å². The van der Waals surface area contributed by atoms with Gasteiger partial charge in [-0.25, -0.2) is 4.98 Å². The molecule has 2 aromatic rings. The number of alkyl halides is 3. The zero-order valence-electron chi connectivity index (χ0n) is 21.2. The van der Waals surface area contributed by atoms with E-state index in [0.717, 1.165) is 38.5 Å². The van der Waals surface area contributed by atoms with Crippen molar-refractivity contribution in [3.05, 3.63) is 41.6 Å². The molecule has 1 saturated heterocycles. The maximum Gasteiger partial charge on any atom is 0.421 e. The number of likely N-dealkylation sites (N-methyl/N-ethyl adjacent to an activating group) is 1. The van der Waals surface area contributed by atoms with Crippen LogP contribution in [0.2, 0.25) is 0 Å². The molecule has 12 heteroatoms. The summed E-state index contributed by atoms with van der Waals surface area (Å²) >= 11 is 0. The number of halogens is 3. The quantitative estimate of drug-likeness (QED) is 0.479. The van der Waals surface area contributed by atoms with Crippen molar-refractivity contribution >= 4 is 29.3 Å². The minimum atomic E-state index is -4.66. The van der Waals surface area contributed by atoms with Gasteiger partial charge < -0.3 is 25.8 Å². The van der Waals surface area contributed by atoms with Crippen LogP contribution in [-0.4, -0.2) is 76.9 Å². The molecular formula is C27H36F3N7O2. The van der Waals surface area contributed by atoms with Crippen LogP contribution in [0.5, 0.6) is 0 Å². The van der Waals surface area contributed by atoms with E-state index in [-0.39, 0.29) is 37.0 Å². The van der Waals surface area contributed by atoms with Gasteiger partial charge in [-0.1, -0.05) is 13.8 Å². The van der Waals surface area contributed by atoms with Gasteiger partial charge >= 0.3 is 6.18 Å². The lowest BCUT2D eigenvalue weighted by atomic mass is 10.0. The van der Waals surface area contributed by atoms with E-state index in [2.05, 4.69) is 30.8 Å². The molecule has 1 aromatic heterocycles.